The van der Waals surface area contributed by atoms with Crippen LogP contribution in [0.4, 0.5) is 0 Å². The molecule has 1 aliphatic heterocycles. The van der Waals surface area contributed by atoms with E-state index in [1.54, 1.807) is 13.2 Å². The third kappa shape index (κ3) is 4.38. The Bertz CT molecular complexity index is 513. The van der Waals surface area contributed by atoms with Gasteiger partial charge in [-0.15, -0.1) is 0 Å². The van der Waals surface area contributed by atoms with Gasteiger partial charge in [-0.25, -0.2) is 0 Å². The summed E-state index contributed by atoms with van der Waals surface area (Å²) in [6.45, 7) is 7.36. The second kappa shape index (κ2) is 8.77. The summed E-state index contributed by atoms with van der Waals surface area (Å²) in [7, 11) is 1.60. The van der Waals surface area contributed by atoms with Gasteiger partial charge < -0.3 is 19.7 Å². The lowest BCUT2D eigenvalue weighted by Gasteiger charge is -2.34. The molecular formula is C18H28N2O3. The number of piperidine rings is 1. The number of rotatable bonds is 7. The number of methoxy groups -OCH3 is 1. The van der Waals surface area contributed by atoms with Crippen molar-refractivity contribution in [2.45, 2.75) is 39.2 Å². The largest absolute Gasteiger partial charge is 0.493 e. The van der Waals surface area contributed by atoms with E-state index in [0.29, 0.717) is 29.7 Å². The fourth-order valence-electron chi connectivity index (χ4n) is 3.05. The van der Waals surface area contributed by atoms with Gasteiger partial charge in [0, 0.05) is 18.2 Å². The summed E-state index contributed by atoms with van der Waals surface area (Å²) in [4.78, 5) is 15.0. The Labute approximate surface area is 139 Å². The second-order valence-electron chi connectivity index (χ2n) is 5.78. The van der Waals surface area contributed by atoms with Crippen LogP contribution in [-0.4, -0.2) is 50.2 Å². The molecule has 1 saturated heterocycles. The van der Waals surface area contributed by atoms with Crippen LogP contribution in [0.1, 0.15) is 43.5 Å². The molecule has 0 aliphatic carbocycles. The van der Waals surface area contributed by atoms with Crippen molar-refractivity contribution in [1.29, 1.82) is 0 Å². The average Bonchev–Trinajstić information content (AvgIpc) is 2.60. The van der Waals surface area contributed by atoms with Crippen molar-refractivity contribution >= 4 is 5.91 Å². The number of hydrogen-bond donors (Lipinski definition) is 1. The van der Waals surface area contributed by atoms with Gasteiger partial charge in [0.1, 0.15) is 0 Å². The molecule has 128 valence electrons. The van der Waals surface area contributed by atoms with Gasteiger partial charge in [-0.1, -0.05) is 6.92 Å². The minimum atomic E-state index is 0.0834. The molecule has 23 heavy (non-hydrogen) atoms. The lowest BCUT2D eigenvalue weighted by atomic mass is 10.0. The van der Waals surface area contributed by atoms with Crippen molar-refractivity contribution in [1.82, 2.24) is 10.2 Å². The number of benzene rings is 1. The molecule has 1 heterocycles. The number of amides is 1. The van der Waals surface area contributed by atoms with Gasteiger partial charge in [-0.3, -0.25) is 4.79 Å². The predicted molar refractivity (Wildman–Crippen MR) is 91.4 cm³/mol. The van der Waals surface area contributed by atoms with Crippen LogP contribution in [0.2, 0.25) is 0 Å². The van der Waals surface area contributed by atoms with Gasteiger partial charge in [0.15, 0.2) is 11.5 Å². The lowest BCUT2D eigenvalue weighted by molar-refractivity contribution is 0.0642. The molecule has 0 aromatic heterocycles. The molecule has 0 unspecified atom stereocenters. The average molecular weight is 320 g/mol. The van der Waals surface area contributed by atoms with Crippen LogP contribution in [0.25, 0.3) is 0 Å². The maximum Gasteiger partial charge on any atom is 0.254 e. The first kappa shape index (κ1) is 17.6. The molecule has 1 aromatic carbocycles. The number of hydrogen-bond acceptors (Lipinski definition) is 4. The van der Waals surface area contributed by atoms with Gasteiger partial charge in [-0.2, -0.15) is 0 Å². The number of ether oxygens (including phenoxy) is 2. The van der Waals surface area contributed by atoms with Crippen molar-refractivity contribution in [2.24, 2.45) is 0 Å². The molecule has 1 aromatic rings. The van der Waals surface area contributed by atoms with Crippen LogP contribution in [-0.2, 0) is 0 Å². The minimum absolute atomic E-state index is 0.0834. The summed E-state index contributed by atoms with van der Waals surface area (Å²) < 4.78 is 10.9. The summed E-state index contributed by atoms with van der Waals surface area (Å²) >= 11 is 0. The van der Waals surface area contributed by atoms with E-state index in [1.807, 2.05) is 24.0 Å². The first-order valence-corrected chi connectivity index (χ1v) is 8.53. The summed E-state index contributed by atoms with van der Waals surface area (Å²) in [5, 5.41) is 3.36. The quantitative estimate of drug-likeness (QED) is 0.839. The standard InChI is InChI=1S/C18H28N2O3/c1-4-12-20(15-8-10-19-11-9-15)18(21)14-6-7-16(23-5-2)17(13-14)22-3/h6-7,13,15,19H,4-5,8-12H2,1-3H3. The topological polar surface area (TPSA) is 50.8 Å². The molecule has 0 spiro atoms. The van der Waals surface area contributed by atoms with E-state index < -0.39 is 0 Å². The zero-order valence-electron chi connectivity index (χ0n) is 14.4. The van der Waals surface area contributed by atoms with E-state index in [1.165, 1.54) is 0 Å². The number of nitrogens with zero attached hydrogens (tertiary/aromatic N) is 1. The number of nitrogens with one attached hydrogen (secondary N) is 1. The summed E-state index contributed by atoms with van der Waals surface area (Å²) in [6, 6.07) is 5.76. The van der Waals surface area contributed by atoms with Crippen LogP contribution < -0.4 is 14.8 Å². The maximum atomic E-state index is 13.0. The molecule has 1 fully saturated rings. The van der Waals surface area contributed by atoms with Gasteiger partial charge in [0.05, 0.1) is 13.7 Å². The smallest absolute Gasteiger partial charge is 0.254 e. The fourth-order valence-corrected chi connectivity index (χ4v) is 3.05. The molecule has 5 heteroatoms. The van der Waals surface area contributed by atoms with Crippen LogP contribution in [0.5, 0.6) is 11.5 Å². The highest BCUT2D eigenvalue weighted by molar-refractivity contribution is 5.95. The summed E-state index contributed by atoms with van der Waals surface area (Å²) in [6.07, 6.45) is 2.99. The van der Waals surface area contributed by atoms with Crippen molar-refractivity contribution in [2.75, 3.05) is 33.4 Å². The highest BCUT2D eigenvalue weighted by Gasteiger charge is 2.26. The van der Waals surface area contributed by atoms with Gasteiger partial charge in [0.25, 0.3) is 5.91 Å². The number of carbonyl (C=O) groups is 1. The minimum Gasteiger partial charge on any atom is -0.493 e. The molecule has 0 saturated carbocycles. The molecule has 0 bridgehead atoms. The molecule has 1 aliphatic rings. The van der Waals surface area contributed by atoms with Crippen molar-refractivity contribution in [3.8, 4) is 11.5 Å². The van der Waals surface area contributed by atoms with Gasteiger partial charge >= 0.3 is 0 Å². The third-order valence-corrected chi connectivity index (χ3v) is 4.19. The predicted octanol–water partition coefficient (Wildman–Crippen LogP) is 2.70. The Morgan fingerprint density at radius 3 is 2.61 bits per heavy atom. The van der Waals surface area contributed by atoms with Gasteiger partial charge in [-0.05, 0) is 57.5 Å². The van der Waals surface area contributed by atoms with Crippen molar-refractivity contribution in [3.63, 3.8) is 0 Å². The van der Waals surface area contributed by atoms with E-state index in [-0.39, 0.29) is 5.91 Å². The van der Waals surface area contributed by atoms with E-state index >= 15 is 0 Å². The number of carbonyl (C=O) groups excluding carboxylic acids is 1. The highest BCUT2D eigenvalue weighted by atomic mass is 16.5. The fraction of sp³-hybridized carbons (Fsp3) is 0.611. The molecule has 1 amide bonds. The van der Waals surface area contributed by atoms with Crippen molar-refractivity contribution < 1.29 is 14.3 Å². The SMILES string of the molecule is CCCN(C(=O)c1ccc(OCC)c(OC)c1)C1CCNCC1. The van der Waals surface area contributed by atoms with Gasteiger partial charge in [0.2, 0.25) is 0 Å². The zero-order chi connectivity index (χ0) is 16.7. The Balaban J connectivity index is 2.21. The highest BCUT2D eigenvalue weighted by Crippen LogP contribution is 2.29. The van der Waals surface area contributed by atoms with E-state index in [0.717, 1.165) is 38.9 Å². The Morgan fingerprint density at radius 1 is 1.26 bits per heavy atom. The first-order chi connectivity index (χ1) is 11.2. The summed E-state index contributed by atoms with van der Waals surface area (Å²) in [5.74, 6) is 1.37. The Kier molecular flexibility index (Phi) is 6.71. The van der Waals surface area contributed by atoms with Crippen molar-refractivity contribution in [3.05, 3.63) is 23.8 Å². The zero-order valence-corrected chi connectivity index (χ0v) is 14.4. The normalized spacial score (nSPS) is 15.3. The molecule has 0 radical (unpaired) electrons. The Hall–Kier alpha value is -1.75. The molecule has 1 N–H and O–H groups in total. The molecular weight excluding hydrogens is 292 g/mol. The molecule has 5 nitrogen and oxygen atoms in total. The lowest BCUT2D eigenvalue weighted by Crippen LogP contribution is -2.46. The van der Waals surface area contributed by atoms with Crippen LogP contribution >= 0.6 is 0 Å². The molecule has 2 rings (SSSR count). The van der Waals surface area contributed by atoms with E-state index in [2.05, 4.69) is 12.2 Å². The molecule has 0 atom stereocenters. The third-order valence-electron chi connectivity index (χ3n) is 4.19. The van der Waals surface area contributed by atoms with Crippen LogP contribution in [0.15, 0.2) is 18.2 Å². The summed E-state index contributed by atoms with van der Waals surface area (Å²) in [5.41, 5.74) is 0.664. The maximum absolute atomic E-state index is 13.0. The van der Waals surface area contributed by atoms with Crippen LogP contribution in [0.3, 0.4) is 0 Å². The Morgan fingerprint density at radius 2 is 2.00 bits per heavy atom. The second-order valence-corrected chi connectivity index (χ2v) is 5.78. The van der Waals surface area contributed by atoms with E-state index in [4.69, 9.17) is 9.47 Å². The first-order valence-electron chi connectivity index (χ1n) is 8.53. The monoisotopic (exact) mass is 320 g/mol. The van der Waals surface area contributed by atoms with Crippen LogP contribution in [0, 0.1) is 0 Å². The van der Waals surface area contributed by atoms with E-state index in [9.17, 15) is 4.79 Å².